The molecule has 1 amide bonds. The molecule has 3 rings (SSSR count). The fourth-order valence-electron chi connectivity index (χ4n) is 2.84. The van der Waals surface area contributed by atoms with Gasteiger partial charge in [0, 0.05) is 58.4 Å². The van der Waals surface area contributed by atoms with Crippen LogP contribution < -0.4 is 5.32 Å². The van der Waals surface area contributed by atoms with Crippen LogP contribution in [-0.4, -0.2) is 70.5 Å². The van der Waals surface area contributed by atoms with Gasteiger partial charge in [0.05, 0.1) is 11.1 Å². The standard InChI is InChI=1S/C13H19N5O3/c1-15-9-10(18(20)21)6-12(15)13(19)17-4-2-16(3-5-17)11-7-14-8-11/h6,9,11,14H,2-5,7-8H2,1H3. The molecule has 2 saturated heterocycles. The van der Waals surface area contributed by atoms with Crippen LogP contribution in [0.15, 0.2) is 12.3 Å². The number of hydrogen-bond acceptors (Lipinski definition) is 5. The van der Waals surface area contributed by atoms with Crippen molar-refractivity contribution in [1.29, 1.82) is 0 Å². The molecule has 2 fully saturated rings. The van der Waals surface area contributed by atoms with Gasteiger partial charge >= 0.3 is 0 Å². The summed E-state index contributed by atoms with van der Waals surface area (Å²) < 4.78 is 1.53. The maximum Gasteiger partial charge on any atom is 0.287 e. The summed E-state index contributed by atoms with van der Waals surface area (Å²) >= 11 is 0. The molecule has 3 heterocycles. The molecule has 8 heteroatoms. The molecule has 1 N–H and O–H groups in total. The first-order chi connectivity index (χ1) is 10.1. The van der Waals surface area contributed by atoms with Crippen molar-refractivity contribution in [2.45, 2.75) is 6.04 Å². The zero-order valence-electron chi connectivity index (χ0n) is 12.0. The number of carbonyl (C=O) groups excluding carboxylic acids is 1. The number of amides is 1. The molecule has 2 aliphatic rings. The second kappa shape index (κ2) is 5.45. The SMILES string of the molecule is Cn1cc([N+](=O)[O-])cc1C(=O)N1CCN(C2CNC2)CC1. The van der Waals surface area contributed by atoms with Crippen LogP contribution in [0.2, 0.25) is 0 Å². The van der Waals surface area contributed by atoms with Gasteiger partial charge in [-0.2, -0.15) is 0 Å². The molecular weight excluding hydrogens is 274 g/mol. The zero-order chi connectivity index (χ0) is 15.0. The van der Waals surface area contributed by atoms with Crippen LogP contribution in [0, 0.1) is 10.1 Å². The van der Waals surface area contributed by atoms with Crippen LogP contribution in [0.5, 0.6) is 0 Å². The lowest BCUT2D eigenvalue weighted by molar-refractivity contribution is -0.384. The van der Waals surface area contributed by atoms with E-state index >= 15 is 0 Å². The topological polar surface area (TPSA) is 83.6 Å². The lowest BCUT2D eigenvalue weighted by Gasteiger charge is -2.43. The van der Waals surface area contributed by atoms with Gasteiger partial charge in [-0.15, -0.1) is 0 Å². The minimum atomic E-state index is -0.474. The van der Waals surface area contributed by atoms with Crippen molar-refractivity contribution in [3.8, 4) is 0 Å². The Morgan fingerprint density at radius 2 is 2.00 bits per heavy atom. The van der Waals surface area contributed by atoms with Crippen molar-refractivity contribution in [3.63, 3.8) is 0 Å². The molecule has 21 heavy (non-hydrogen) atoms. The largest absolute Gasteiger partial charge is 0.340 e. The smallest absolute Gasteiger partial charge is 0.287 e. The molecule has 0 aliphatic carbocycles. The Morgan fingerprint density at radius 1 is 1.33 bits per heavy atom. The second-order valence-corrected chi connectivity index (χ2v) is 5.59. The van der Waals surface area contributed by atoms with Gasteiger partial charge in [-0.1, -0.05) is 0 Å². The zero-order valence-corrected chi connectivity index (χ0v) is 12.0. The summed E-state index contributed by atoms with van der Waals surface area (Å²) in [6, 6.07) is 1.95. The van der Waals surface area contributed by atoms with E-state index in [1.165, 1.54) is 16.8 Å². The van der Waals surface area contributed by atoms with Crippen LogP contribution in [0.4, 0.5) is 5.69 Å². The molecule has 0 radical (unpaired) electrons. The van der Waals surface area contributed by atoms with Gasteiger partial charge in [0.25, 0.3) is 11.6 Å². The van der Waals surface area contributed by atoms with Crippen LogP contribution in [0.25, 0.3) is 0 Å². The molecular formula is C13H19N5O3. The first-order valence-corrected chi connectivity index (χ1v) is 7.11. The van der Waals surface area contributed by atoms with E-state index in [-0.39, 0.29) is 11.6 Å². The van der Waals surface area contributed by atoms with E-state index in [1.54, 1.807) is 11.9 Å². The van der Waals surface area contributed by atoms with Gasteiger partial charge in [0.15, 0.2) is 0 Å². The monoisotopic (exact) mass is 293 g/mol. The highest BCUT2D eigenvalue weighted by atomic mass is 16.6. The molecule has 0 bridgehead atoms. The number of piperazine rings is 1. The Bertz CT molecular complexity index is 558. The molecule has 0 saturated carbocycles. The van der Waals surface area contributed by atoms with E-state index in [1.807, 2.05) is 0 Å². The summed E-state index contributed by atoms with van der Waals surface area (Å²) in [7, 11) is 1.66. The van der Waals surface area contributed by atoms with Crippen LogP contribution in [0.3, 0.4) is 0 Å². The van der Waals surface area contributed by atoms with Gasteiger partial charge in [-0.3, -0.25) is 19.8 Å². The number of aryl methyl sites for hydroxylation is 1. The van der Waals surface area contributed by atoms with E-state index in [9.17, 15) is 14.9 Å². The minimum Gasteiger partial charge on any atom is -0.340 e. The van der Waals surface area contributed by atoms with Crippen molar-refractivity contribution in [2.24, 2.45) is 7.05 Å². The Labute approximate surface area is 122 Å². The van der Waals surface area contributed by atoms with E-state index in [4.69, 9.17) is 0 Å². The Balaban J connectivity index is 1.64. The summed E-state index contributed by atoms with van der Waals surface area (Å²) in [5, 5.41) is 14.0. The normalized spacial score (nSPS) is 20.3. The summed E-state index contributed by atoms with van der Waals surface area (Å²) in [6.45, 7) is 5.13. The number of nitrogens with one attached hydrogen (secondary N) is 1. The second-order valence-electron chi connectivity index (χ2n) is 5.59. The number of carbonyl (C=O) groups is 1. The van der Waals surface area contributed by atoms with Gasteiger partial charge in [0.2, 0.25) is 0 Å². The summed E-state index contributed by atoms with van der Waals surface area (Å²) in [5.41, 5.74) is 0.334. The van der Waals surface area contributed by atoms with Crippen LogP contribution >= 0.6 is 0 Å². The molecule has 114 valence electrons. The fourth-order valence-corrected chi connectivity index (χ4v) is 2.84. The van der Waals surface area contributed by atoms with Gasteiger partial charge in [-0.25, -0.2) is 0 Å². The highest BCUT2D eigenvalue weighted by Gasteiger charge is 2.30. The number of nitrogens with zero attached hydrogens (tertiary/aromatic N) is 4. The third-order valence-electron chi connectivity index (χ3n) is 4.30. The quantitative estimate of drug-likeness (QED) is 0.609. The van der Waals surface area contributed by atoms with Crippen molar-refractivity contribution in [3.05, 3.63) is 28.1 Å². The maximum absolute atomic E-state index is 12.5. The molecule has 8 nitrogen and oxygen atoms in total. The molecule has 0 spiro atoms. The maximum atomic E-state index is 12.5. The highest BCUT2D eigenvalue weighted by molar-refractivity contribution is 5.93. The first-order valence-electron chi connectivity index (χ1n) is 7.11. The summed E-state index contributed by atoms with van der Waals surface area (Å²) in [4.78, 5) is 26.9. The average molecular weight is 293 g/mol. The molecule has 0 aromatic carbocycles. The van der Waals surface area contributed by atoms with Crippen LogP contribution in [0.1, 0.15) is 10.5 Å². The number of aromatic nitrogens is 1. The third kappa shape index (κ3) is 2.64. The summed E-state index contributed by atoms with van der Waals surface area (Å²) in [6.07, 6.45) is 1.38. The molecule has 1 aromatic heterocycles. The highest BCUT2D eigenvalue weighted by Crippen LogP contribution is 2.18. The van der Waals surface area contributed by atoms with Crippen molar-refractivity contribution in [1.82, 2.24) is 19.7 Å². The first kappa shape index (κ1) is 14.0. The molecule has 1 aromatic rings. The predicted octanol–water partition coefficient (Wildman–Crippen LogP) is -0.337. The predicted molar refractivity (Wildman–Crippen MR) is 76.2 cm³/mol. The lowest BCUT2D eigenvalue weighted by Crippen LogP contribution is -2.62. The van der Waals surface area contributed by atoms with E-state index in [0.29, 0.717) is 24.8 Å². The van der Waals surface area contributed by atoms with Gasteiger partial charge in [0.1, 0.15) is 5.69 Å². The number of nitro groups is 1. The van der Waals surface area contributed by atoms with Crippen LogP contribution in [-0.2, 0) is 7.05 Å². The number of rotatable bonds is 3. The minimum absolute atomic E-state index is 0.0416. The van der Waals surface area contributed by atoms with Crippen molar-refractivity contribution >= 4 is 11.6 Å². The van der Waals surface area contributed by atoms with E-state index in [2.05, 4.69) is 10.2 Å². The van der Waals surface area contributed by atoms with Gasteiger partial charge in [-0.05, 0) is 0 Å². The van der Waals surface area contributed by atoms with Crippen molar-refractivity contribution in [2.75, 3.05) is 39.3 Å². The Morgan fingerprint density at radius 3 is 2.48 bits per heavy atom. The average Bonchev–Trinajstić information content (AvgIpc) is 2.79. The molecule has 0 unspecified atom stereocenters. The van der Waals surface area contributed by atoms with Gasteiger partial charge < -0.3 is 14.8 Å². The van der Waals surface area contributed by atoms with Crippen molar-refractivity contribution < 1.29 is 9.72 Å². The van der Waals surface area contributed by atoms with E-state index in [0.717, 1.165) is 26.2 Å². The lowest BCUT2D eigenvalue weighted by atomic mass is 10.1. The molecule has 0 atom stereocenters. The number of hydrogen-bond donors (Lipinski definition) is 1. The molecule has 2 aliphatic heterocycles. The fraction of sp³-hybridized carbons (Fsp3) is 0.615. The third-order valence-corrected chi connectivity index (χ3v) is 4.30. The van der Waals surface area contributed by atoms with E-state index < -0.39 is 4.92 Å². The summed E-state index contributed by atoms with van der Waals surface area (Å²) in [5.74, 6) is -0.128. The Kier molecular flexibility index (Phi) is 3.64. The Hall–Kier alpha value is -1.93.